The standard InChI is InChI=1S/C25H22N4O6S/c30-20-19(24(32)33)28-22(29-23(20)31)21-17(11-12-36-21)26-25(34)27-18(16-9-5-2-6-10-16)14-35-13-15-7-3-1-4-8-15/h1-12,18,30H,13-14H2,(H,32,33)(H2,26,27,34)(H,28,29,31). The molecule has 0 radical (unpaired) electrons. The molecule has 0 aliphatic rings. The lowest BCUT2D eigenvalue weighted by atomic mass is 10.1. The van der Waals surface area contributed by atoms with Crippen molar-refractivity contribution in [2.24, 2.45) is 0 Å². The van der Waals surface area contributed by atoms with Crippen molar-refractivity contribution in [1.82, 2.24) is 15.3 Å². The molecule has 5 N–H and O–H groups in total. The second-order valence-corrected chi connectivity index (χ2v) is 8.56. The molecule has 2 heterocycles. The van der Waals surface area contributed by atoms with Gasteiger partial charge in [-0.15, -0.1) is 11.3 Å². The molecule has 10 nitrogen and oxygen atoms in total. The van der Waals surface area contributed by atoms with Gasteiger partial charge >= 0.3 is 12.0 Å². The fraction of sp³-hybridized carbons (Fsp3) is 0.120. The van der Waals surface area contributed by atoms with Gasteiger partial charge in [-0.05, 0) is 22.6 Å². The van der Waals surface area contributed by atoms with Gasteiger partial charge in [0.25, 0.3) is 5.56 Å². The average Bonchev–Trinajstić information content (AvgIpc) is 3.34. The van der Waals surface area contributed by atoms with E-state index in [0.717, 1.165) is 22.5 Å². The zero-order valence-corrected chi connectivity index (χ0v) is 19.6. The zero-order valence-electron chi connectivity index (χ0n) is 18.8. The van der Waals surface area contributed by atoms with Crippen LogP contribution in [-0.2, 0) is 11.3 Å². The summed E-state index contributed by atoms with van der Waals surface area (Å²) in [6, 6.07) is 19.6. The Morgan fingerprint density at radius 1 is 1.06 bits per heavy atom. The molecule has 1 unspecified atom stereocenters. The van der Waals surface area contributed by atoms with E-state index in [9.17, 15) is 24.6 Å². The normalized spacial score (nSPS) is 11.6. The van der Waals surface area contributed by atoms with Crippen molar-refractivity contribution >= 4 is 29.0 Å². The van der Waals surface area contributed by atoms with Gasteiger partial charge in [0.2, 0.25) is 5.75 Å². The van der Waals surface area contributed by atoms with Gasteiger partial charge in [-0.25, -0.2) is 14.6 Å². The first-order valence-electron chi connectivity index (χ1n) is 10.8. The van der Waals surface area contributed by atoms with Gasteiger partial charge in [-0.2, -0.15) is 0 Å². The first-order chi connectivity index (χ1) is 17.4. The fourth-order valence-corrected chi connectivity index (χ4v) is 4.20. The summed E-state index contributed by atoms with van der Waals surface area (Å²) in [6.07, 6.45) is 0. The molecule has 0 saturated heterocycles. The van der Waals surface area contributed by atoms with Gasteiger partial charge in [-0.1, -0.05) is 60.7 Å². The number of nitrogens with zero attached hydrogens (tertiary/aromatic N) is 1. The van der Waals surface area contributed by atoms with Crippen molar-refractivity contribution in [3.63, 3.8) is 0 Å². The van der Waals surface area contributed by atoms with Crippen LogP contribution in [0, 0.1) is 0 Å². The lowest BCUT2D eigenvalue weighted by molar-refractivity contribution is 0.0686. The SMILES string of the molecule is O=C(Nc1ccsc1-c1nc(C(=O)O)c(O)c(=O)[nH]1)NC(COCc1ccccc1)c1ccccc1. The molecular weight excluding hydrogens is 484 g/mol. The van der Waals surface area contributed by atoms with Crippen LogP contribution in [0.2, 0.25) is 0 Å². The van der Waals surface area contributed by atoms with Gasteiger partial charge in [0.1, 0.15) is 0 Å². The summed E-state index contributed by atoms with van der Waals surface area (Å²) in [6.45, 7) is 0.603. The van der Waals surface area contributed by atoms with Crippen molar-refractivity contribution in [1.29, 1.82) is 0 Å². The van der Waals surface area contributed by atoms with E-state index in [4.69, 9.17) is 4.74 Å². The summed E-state index contributed by atoms with van der Waals surface area (Å²) in [4.78, 5) is 42.7. The highest BCUT2D eigenvalue weighted by atomic mass is 32.1. The van der Waals surface area contributed by atoms with E-state index in [2.05, 4.69) is 20.6 Å². The van der Waals surface area contributed by atoms with Crippen LogP contribution in [0.15, 0.2) is 76.9 Å². The van der Waals surface area contributed by atoms with E-state index >= 15 is 0 Å². The van der Waals surface area contributed by atoms with E-state index in [-0.39, 0.29) is 12.4 Å². The number of amides is 2. The van der Waals surface area contributed by atoms with Crippen LogP contribution in [0.25, 0.3) is 10.7 Å². The quantitative estimate of drug-likeness (QED) is 0.230. The second kappa shape index (κ2) is 11.3. The van der Waals surface area contributed by atoms with Crippen molar-refractivity contribution in [3.05, 3.63) is 99.3 Å². The Hall–Kier alpha value is -4.48. The summed E-state index contributed by atoms with van der Waals surface area (Å²) in [7, 11) is 0. The van der Waals surface area contributed by atoms with E-state index in [1.165, 1.54) is 0 Å². The fourth-order valence-electron chi connectivity index (χ4n) is 3.41. The van der Waals surface area contributed by atoms with E-state index in [0.29, 0.717) is 17.2 Å². The topological polar surface area (TPSA) is 154 Å². The first kappa shape index (κ1) is 24.6. The minimum atomic E-state index is -1.55. The number of thiophene rings is 1. The molecule has 4 aromatic rings. The molecule has 0 aliphatic heterocycles. The summed E-state index contributed by atoms with van der Waals surface area (Å²) < 4.78 is 5.86. The minimum Gasteiger partial charge on any atom is -0.501 e. The number of carboxylic acid groups (broad SMARTS) is 1. The number of H-pyrrole nitrogens is 1. The van der Waals surface area contributed by atoms with Crippen LogP contribution < -0.4 is 16.2 Å². The minimum absolute atomic E-state index is 0.0914. The van der Waals surface area contributed by atoms with Crippen LogP contribution in [0.1, 0.15) is 27.7 Å². The molecule has 36 heavy (non-hydrogen) atoms. The number of benzene rings is 2. The number of hydrogen-bond donors (Lipinski definition) is 5. The third kappa shape index (κ3) is 5.95. The largest absolute Gasteiger partial charge is 0.501 e. The zero-order chi connectivity index (χ0) is 25.5. The van der Waals surface area contributed by atoms with Crippen LogP contribution in [0.3, 0.4) is 0 Å². The smallest absolute Gasteiger partial charge is 0.358 e. The predicted molar refractivity (Wildman–Crippen MR) is 134 cm³/mol. The molecule has 1 atom stereocenters. The number of anilines is 1. The third-order valence-electron chi connectivity index (χ3n) is 5.13. The van der Waals surface area contributed by atoms with Gasteiger partial charge in [0, 0.05) is 0 Å². The molecule has 0 bridgehead atoms. The van der Waals surface area contributed by atoms with Crippen LogP contribution in [-0.4, -0.2) is 38.8 Å². The number of carbonyl (C=O) groups excluding carboxylic acids is 1. The molecule has 0 spiro atoms. The average molecular weight is 507 g/mol. The Kier molecular flexibility index (Phi) is 7.73. The molecule has 0 fully saturated rings. The number of rotatable bonds is 9. The molecular formula is C25H22N4O6S. The molecule has 4 rings (SSSR count). The number of aromatic amines is 1. The van der Waals surface area contributed by atoms with Crippen molar-refractivity contribution in [3.8, 4) is 16.5 Å². The van der Waals surface area contributed by atoms with Gasteiger partial charge in [0.15, 0.2) is 11.5 Å². The summed E-state index contributed by atoms with van der Waals surface area (Å²) >= 11 is 1.13. The van der Waals surface area contributed by atoms with Crippen molar-refractivity contribution < 1.29 is 24.5 Å². The van der Waals surface area contributed by atoms with Gasteiger partial charge < -0.3 is 30.6 Å². The van der Waals surface area contributed by atoms with Crippen molar-refractivity contribution in [2.45, 2.75) is 12.6 Å². The number of aromatic carboxylic acids is 1. The lowest BCUT2D eigenvalue weighted by Crippen LogP contribution is -2.35. The number of aromatic nitrogens is 2. The summed E-state index contributed by atoms with van der Waals surface area (Å²) in [5.74, 6) is -2.63. The molecule has 2 amide bonds. The Labute approximate surface area is 209 Å². The maximum Gasteiger partial charge on any atom is 0.358 e. The summed E-state index contributed by atoms with van der Waals surface area (Å²) in [5.41, 5.74) is 0.382. The van der Waals surface area contributed by atoms with Gasteiger partial charge in [0.05, 0.1) is 29.8 Å². The van der Waals surface area contributed by atoms with E-state index in [1.807, 2.05) is 60.7 Å². The second-order valence-electron chi connectivity index (χ2n) is 7.64. The number of ether oxygens (including phenoxy) is 1. The van der Waals surface area contributed by atoms with Crippen LogP contribution in [0.4, 0.5) is 10.5 Å². The van der Waals surface area contributed by atoms with E-state index in [1.54, 1.807) is 11.4 Å². The highest BCUT2D eigenvalue weighted by Gasteiger charge is 2.21. The highest BCUT2D eigenvalue weighted by Crippen LogP contribution is 2.31. The summed E-state index contributed by atoms with van der Waals surface area (Å²) in [5, 5.41) is 26.1. The maximum atomic E-state index is 12.9. The molecule has 184 valence electrons. The third-order valence-corrected chi connectivity index (χ3v) is 6.05. The van der Waals surface area contributed by atoms with E-state index < -0.39 is 35.0 Å². The monoisotopic (exact) mass is 506 g/mol. The predicted octanol–water partition coefficient (Wildman–Crippen LogP) is 3.98. The maximum absolute atomic E-state index is 12.9. The Morgan fingerprint density at radius 3 is 2.44 bits per heavy atom. The molecule has 11 heteroatoms. The van der Waals surface area contributed by atoms with Crippen LogP contribution in [0.5, 0.6) is 5.75 Å². The molecule has 2 aromatic carbocycles. The van der Waals surface area contributed by atoms with Gasteiger partial charge in [-0.3, -0.25) is 4.79 Å². The Bertz CT molecular complexity index is 1410. The molecule has 0 aliphatic carbocycles. The number of carbonyl (C=O) groups is 2. The molecule has 0 saturated carbocycles. The Morgan fingerprint density at radius 2 is 1.75 bits per heavy atom. The number of aromatic hydroxyl groups is 1. The molecule has 2 aromatic heterocycles. The number of urea groups is 1. The Balaban J connectivity index is 1.49. The number of carboxylic acids is 1. The highest BCUT2D eigenvalue weighted by molar-refractivity contribution is 7.14. The lowest BCUT2D eigenvalue weighted by Gasteiger charge is -2.20. The first-order valence-corrected chi connectivity index (χ1v) is 11.7. The van der Waals surface area contributed by atoms with Crippen LogP contribution >= 0.6 is 11.3 Å². The number of hydrogen-bond acceptors (Lipinski definition) is 7. The number of nitrogens with one attached hydrogen (secondary N) is 3. The van der Waals surface area contributed by atoms with Crippen molar-refractivity contribution in [2.75, 3.05) is 11.9 Å².